The first-order valence-corrected chi connectivity index (χ1v) is 9.03. The fourth-order valence-corrected chi connectivity index (χ4v) is 3.55. The van der Waals surface area contributed by atoms with Gasteiger partial charge in [0.25, 0.3) is 0 Å². The molecule has 1 atom stereocenters. The Balaban J connectivity index is 1.84. The number of thioether (sulfide) groups is 1. The molecular formula is C16H27N3OS. The number of aromatic nitrogens is 2. The molecule has 1 aromatic rings. The van der Waals surface area contributed by atoms with Crippen LogP contribution in [0.25, 0.3) is 0 Å². The summed E-state index contributed by atoms with van der Waals surface area (Å²) in [6.45, 7) is 6.82. The minimum absolute atomic E-state index is 0.166. The van der Waals surface area contributed by atoms with Crippen LogP contribution in [0.15, 0.2) is 11.2 Å². The van der Waals surface area contributed by atoms with E-state index >= 15 is 0 Å². The molecule has 0 spiro atoms. The quantitative estimate of drug-likeness (QED) is 0.454. The molecule has 118 valence electrons. The number of unbranched alkanes of at least 4 members (excludes halogenated alkanes) is 3. The number of likely N-dealkylation sites (tertiary alicyclic amines) is 1. The number of aliphatic hydroxyl groups excluding tert-OH is 1. The molecule has 0 aliphatic carbocycles. The first-order valence-electron chi connectivity index (χ1n) is 8.05. The summed E-state index contributed by atoms with van der Waals surface area (Å²) in [6, 6.07) is 2.06. The van der Waals surface area contributed by atoms with E-state index in [1.165, 1.54) is 25.7 Å². The van der Waals surface area contributed by atoms with Crippen LogP contribution in [0.5, 0.6) is 0 Å². The van der Waals surface area contributed by atoms with Crippen LogP contribution < -0.4 is 0 Å². The number of β-amino-alcohol motifs (C(OH)–C–C–N with tert-alkyl or cyclic N) is 1. The fraction of sp³-hybridized carbons (Fsp3) is 0.750. The van der Waals surface area contributed by atoms with Crippen LogP contribution >= 0.6 is 11.8 Å². The molecule has 1 fully saturated rings. The minimum Gasteiger partial charge on any atom is -0.392 e. The second-order valence-corrected chi connectivity index (χ2v) is 6.93. The Morgan fingerprint density at radius 1 is 1.33 bits per heavy atom. The highest BCUT2D eigenvalue weighted by Crippen LogP contribution is 2.18. The maximum Gasteiger partial charge on any atom is 0.188 e. The summed E-state index contributed by atoms with van der Waals surface area (Å²) in [5, 5.41) is 10.5. The highest BCUT2D eigenvalue weighted by molar-refractivity contribution is 7.99. The highest BCUT2D eigenvalue weighted by Gasteiger charge is 2.20. The number of aryl methyl sites for hydroxylation is 1. The van der Waals surface area contributed by atoms with Crippen molar-refractivity contribution in [3.63, 3.8) is 0 Å². The van der Waals surface area contributed by atoms with Gasteiger partial charge in [-0.1, -0.05) is 37.9 Å². The van der Waals surface area contributed by atoms with E-state index in [1.54, 1.807) is 11.8 Å². The van der Waals surface area contributed by atoms with Gasteiger partial charge in [-0.05, 0) is 25.8 Å². The van der Waals surface area contributed by atoms with E-state index in [0.29, 0.717) is 0 Å². The lowest BCUT2D eigenvalue weighted by Crippen LogP contribution is -2.22. The van der Waals surface area contributed by atoms with Crippen molar-refractivity contribution in [2.75, 3.05) is 18.8 Å². The van der Waals surface area contributed by atoms with E-state index in [0.717, 1.165) is 48.4 Å². The largest absolute Gasteiger partial charge is 0.392 e. The van der Waals surface area contributed by atoms with E-state index < -0.39 is 0 Å². The molecule has 5 heteroatoms. The normalized spacial score (nSPS) is 19.3. The van der Waals surface area contributed by atoms with Crippen molar-refractivity contribution in [2.24, 2.45) is 0 Å². The molecule has 21 heavy (non-hydrogen) atoms. The van der Waals surface area contributed by atoms with Crippen molar-refractivity contribution < 1.29 is 5.11 Å². The zero-order valence-corrected chi connectivity index (χ0v) is 14.0. The molecule has 1 saturated heterocycles. The Labute approximate surface area is 132 Å². The molecule has 2 rings (SSSR count). The van der Waals surface area contributed by atoms with Crippen LogP contribution in [0.1, 0.15) is 50.4 Å². The summed E-state index contributed by atoms with van der Waals surface area (Å²) in [5.74, 6) is 1.10. The smallest absolute Gasteiger partial charge is 0.188 e. The Morgan fingerprint density at radius 2 is 2.19 bits per heavy atom. The van der Waals surface area contributed by atoms with Crippen LogP contribution in [-0.2, 0) is 6.54 Å². The number of hydrogen-bond acceptors (Lipinski definition) is 5. The van der Waals surface area contributed by atoms with Crippen molar-refractivity contribution in [3.05, 3.63) is 17.5 Å². The van der Waals surface area contributed by atoms with Crippen LogP contribution in [-0.4, -0.2) is 44.9 Å². The zero-order valence-electron chi connectivity index (χ0n) is 13.2. The van der Waals surface area contributed by atoms with Gasteiger partial charge in [0.1, 0.15) is 0 Å². The predicted octanol–water partition coefficient (Wildman–Crippen LogP) is 3.02. The lowest BCUT2D eigenvalue weighted by molar-refractivity contribution is 0.174. The first kappa shape index (κ1) is 16.7. The molecular weight excluding hydrogens is 282 g/mol. The van der Waals surface area contributed by atoms with Crippen LogP contribution in [0.3, 0.4) is 0 Å². The molecule has 1 aliphatic rings. The van der Waals surface area contributed by atoms with Crippen molar-refractivity contribution in [3.8, 4) is 0 Å². The van der Waals surface area contributed by atoms with Crippen molar-refractivity contribution >= 4 is 11.8 Å². The molecule has 1 N–H and O–H groups in total. The van der Waals surface area contributed by atoms with Crippen molar-refractivity contribution in [1.82, 2.24) is 14.9 Å². The molecule has 0 amide bonds. The topological polar surface area (TPSA) is 49.2 Å². The molecule has 0 bridgehead atoms. The standard InChI is InChI=1S/C16H27N3OS/c1-3-4-5-6-9-21-16-17-13(2)10-14(18-16)11-19-8-7-15(20)12-19/h10,15,20H,3-9,11-12H2,1-2H3. The van der Waals surface area contributed by atoms with Gasteiger partial charge in [0.05, 0.1) is 11.8 Å². The average Bonchev–Trinajstić information content (AvgIpc) is 2.83. The molecule has 1 aliphatic heterocycles. The van der Waals surface area contributed by atoms with Crippen LogP contribution in [0.4, 0.5) is 0 Å². The first-order chi connectivity index (χ1) is 10.2. The summed E-state index contributed by atoms with van der Waals surface area (Å²) in [4.78, 5) is 11.5. The van der Waals surface area contributed by atoms with E-state index in [2.05, 4.69) is 27.9 Å². The second kappa shape index (κ2) is 8.71. The number of hydrogen-bond donors (Lipinski definition) is 1. The fourth-order valence-electron chi connectivity index (χ4n) is 2.63. The van der Waals surface area contributed by atoms with Gasteiger partial charge in [0.15, 0.2) is 5.16 Å². The van der Waals surface area contributed by atoms with Crippen LogP contribution in [0, 0.1) is 6.92 Å². The van der Waals surface area contributed by atoms with Gasteiger partial charge in [-0.3, -0.25) is 4.90 Å². The van der Waals surface area contributed by atoms with Gasteiger partial charge in [-0.2, -0.15) is 0 Å². The maximum atomic E-state index is 9.60. The number of nitrogens with zero attached hydrogens (tertiary/aromatic N) is 3. The molecule has 0 saturated carbocycles. The molecule has 1 aromatic heterocycles. The molecule has 4 nitrogen and oxygen atoms in total. The van der Waals surface area contributed by atoms with Crippen molar-refractivity contribution in [1.29, 1.82) is 0 Å². The minimum atomic E-state index is -0.166. The van der Waals surface area contributed by atoms with E-state index in [1.807, 2.05) is 6.92 Å². The lowest BCUT2D eigenvalue weighted by Gasteiger charge is -2.15. The molecule has 0 aromatic carbocycles. The van der Waals surface area contributed by atoms with Gasteiger partial charge < -0.3 is 5.11 Å². The highest BCUT2D eigenvalue weighted by atomic mass is 32.2. The third-order valence-electron chi connectivity index (χ3n) is 3.75. The maximum absolute atomic E-state index is 9.60. The van der Waals surface area contributed by atoms with E-state index in [4.69, 9.17) is 0 Å². The average molecular weight is 309 g/mol. The van der Waals surface area contributed by atoms with Gasteiger partial charge in [-0.25, -0.2) is 9.97 Å². The Hall–Kier alpha value is -0.650. The summed E-state index contributed by atoms with van der Waals surface area (Å²) in [7, 11) is 0. The summed E-state index contributed by atoms with van der Waals surface area (Å²) >= 11 is 1.77. The Bertz CT molecular complexity index is 442. The summed E-state index contributed by atoms with van der Waals surface area (Å²) < 4.78 is 0. The van der Waals surface area contributed by atoms with Crippen molar-refractivity contribution in [2.45, 2.75) is 63.8 Å². The molecule has 2 heterocycles. The lowest BCUT2D eigenvalue weighted by atomic mass is 10.2. The van der Waals surface area contributed by atoms with Crippen LogP contribution in [0.2, 0.25) is 0 Å². The van der Waals surface area contributed by atoms with Gasteiger partial charge in [0, 0.05) is 31.1 Å². The van der Waals surface area contributed by atoms with Gasteiger partial charge in [-0.15, -0.1) is 0 Å². The zero-order chi connectivity index (χ0) is 15.1. The van der Waals surface area contributed by atoms with Gasteiger partial charge in [0.2, 0.25) is 0 Å². The summed E-state index contributed by atoms with van der Waals surface area (Å²) in [6.07, 6.45) is 5.84. The third kappa shape index (κ3) is 5.93. The molecule has 1 unspecified atom stereocenters. The van der Waals surface area contributed by atoms with E-state index in [9.17, 15) is 5.11 Å². The Morgan fingerprint density at radius 3 is 2.90 bits per heavy atom. The van der Waals surface area contributed by atoms with E-state index in [-0.39, 0.29) is 6.10 Å². The molecule has 0 radical (unpaired) electrons. The second-order valence-electron chi connectivity index (χ2n) is 5.87. The third-order valence-corrected chi connectivity index (χ3v) is 4.68. The predicted molar refractivity (Wildman–Crippen MR) is 87.5 cm³/mol. The van der Waals surface area contributed by atoms with Gasteiger partial charge >= 0.3 is 0 Å². The summed E-state index contributed by atoms with van der Waals surface area (Å²) in [5.41, 5.74) is 2.11. The Kier molecular flexibility index (Phi) is 6.93. The number of rotatable bonds is 8. The monoisotopic (exact) mass is 309 g/mol. The number of aliphatic hydroxyl groups is 1. The SMILES string of the molecule is CCCCCCSc1nc(C)cc(CN2CCC(O)C2)n1.